The number of nitrogens with one attached hydrogen (secondary N) is 1. The number of nitrogens with zero attached hydrogens (tertiary/aromatic N) is 2. The van der Waals surface area contributed by atoms with Crippen molar-refractivity contribution in [2.24, 2.45) is 0 Å². The molecule has 1 aliphatic rings. The van der Waals surface area contributed by atoms with Crippen LogP contribution in [0.25, 0.3) is 10.9 Å². The van der Waals surface area contributed by atoms with Crippen molar-refractivity contribution in [1.82, 2.24) is 14.8 Å². The van der Waals surface area contributed by atoms with E-state index in [1.165, 1.54) is 0 Å². The summed E-state index contributed by atoms with van der Waals surface area (Å²) in [5.41, 5.74) is 2.81. The van der Waals surface area contributed by atoms with E-state index < -0.39 is 12.0 Å². The standard InChI is InChI=1S/C23H27N3O3/c1-2-25-10-12-26(13-11-25)22(23(27)28)20-15-24-21-9-8-18(14-19(20)21)29-16-17-6-4-3-5-7-17/h3-9,14-15,22,24H,2,10-13,16H2,1H3,(H,27,28)/t22-/m1/s1. The fourth-order valence-electron chi connectivity index (χ4n) is 4.00. The van der Waals surface area contributed by atoms with Gasteiger partial charge in [0, 0.05) is 48.8 Å². The minimum absolute atomic E-state index is 0.480. The van der Waals surface area contributed by atoms with Crippen molar-refractivity contribution in [3.63, 3.8) is 0 Å². The van der Waals surface area contributed by atoms with Gasteiger partial charge in [-0.05, 0) is 30.3 Å². The third-order valence-corrected chi connectivity index (χ3v) is 5.68. The van der Waals surface area contributed by atoms with Gasteiger partial charge in [0.1, 0.15) is 18.4 Å². The molecule has 0 radical (unpaired) electrons. The molecule has 0 bridgehead atoms. The predicted octanol–water partition coefficient (Wildman–Crippen LogP) is 3.51. The van der Waals surface area contributed by atoms with Crippen molar-refractivity contribution in [2.45, 2.75) is 19.6 Å². The van der Waals surface area contributed by atoms with Crippen LogP contribution in [0.15, 0.2) is 54.7 Å². The Kier molecular flexibility index (Phi) is 5.83. The first kappa shape index (κ1) is 19.5. The summed E-state index contributed by atoms with van der Waals surface area (Å²) >= 11 is 0. The minimum Gasteiger partial charge on any atom is -0.489 e. The van der Waals surface area contributed by atoms with E-state index in [2.05, 4.69) is 21.7 Å². The molecule has 0 unspecified atom stereocenters. The summed E-state index contributed by atoms with van der Waals surface area (Å²) in [7, 11) is 0. The maximum atomic E-state index is 12.2. The van der Waals surface area contributed by atoms with Crippen molar-refractivity contribution >= 4 is 16.9 Å². The number of carbonyl (C=O) groups is 1. The van der Waals surface area contributed by atoms with E-state index in [9.17, 15) is 9.90 Å². The van der Waals surface area contributed by atoms with Gasteiger partial charge in [-0.25, -0.2) is 0 Å². The SMILES string of the molecule is CCN1CCN([C@@H](C(=O)O)c2c[nH]c3ccc(OCc4ccccc4)cc23)CC1. The molecule has 152 valence electrons. The molecule has 29 heavy (non-hydrogen) atoms. The van der Waals surface area contributed by atoms with Crippen molar-refractivity contribution < 1.29 is 14.6 Å². The van der Waals surface area contributed by atoms with Crippen LogP contribution in [0.5, 0.6) is 5.75 Å². The van der Waals surface area contributed by atoms with Gasteiger partial charge in [-0.15, -0.1) is 0 Å². The number of likely N-dealkylation sites (N-methyl/N-ethyl adjacent to an activating group) is 1. The van der Waals surface area contributed by atoms with Crippen LogP contribution in [0.2, 0.25) is 0 Å². The molecule has 0 spiro atoms. The third kappa shape index (κ3) is 4.28. The fraction of sp³-hybridized carbons (Fsp3) is 0.348. The molecular formula is C23H27N3O3. The van der Waals surface area contributed by atoms with Crippen LogP contribution in [0, 0.1) is 0 Å². The van der Waals surface area contributed by atoms with Gasteiger partial charge < -0.3 is 19.7 Å². The van der Waals surface area contributed by atoms with Crippen LogP contribution >= 0.6 is 0 Å². The fourth-order valence-corrected chi connectivity index (χ4v) is 4.00. The van der Waals surface area contributed by atoms with Gasteiger partial charge in [0.25, 0.3) is 0 Å². The highest BCUT2D eigenvalue weighted by Crippen LogP contribution is 2.32. The zero-order valence-electron chi connectivity index (χ0n) is 16.7. The summed E-state index contributed by atoms with van der Waals surface area (Å²) in [6.07, 6.45) is 1.83. The normalized spacial score (nSPS) is 16.7. The van der Waals surface area contributed by atoms with Gasteiger partial charge in [0.15, 0.2) is 0 Å². The largest absolute Gasteiger partial charge is 0.489 e. The lowest BCUT2D eigenvalue weighted by Gasteiger charge is -2.37. The van der Waals surface area contributed by atoms with Crippen molar-refractivity contribution in [1.29, 1.82) is 0 Å². The van der Waals surface area contributed by atoms with Gasteiger partial charge in [-0.2, -0.15) is 0 Å². The second-order valence-corrected chi connectivity index (χ2v) is 7.44. The smallest absolute Gasteiger partial charge is 0.325 e. The quantitative estimate of drug-likeness (QED) is 0.643. The summed E-state index contributed by atoms with van der Waals surface area (Å²) < 4.78 is 5.96. The summed E-state index contributed by atoms with van der Waals surface area (Å²) in [5.74, 6) is -0.0754. The number of hydrogen-bond acceptors (Lipinski definition) is 4. The van der Waals surface area contributed by atoms with E-state index in [-0.39, 0.29) is 0 Å². The minimum atomic E-state index is -0.813. The first-order valence-corrected chi connectivity index (χ1v) is 10.1. The maximum Gasteiger partial charge on any atom is 0.325 e. The summed E-state index contributed by atoms with van der Waals surface area (Å²) in [6.45, 7) is 6.92. The molecule has 3 aromatic rings. The topological polar surface area (TPSA) is 68.8 Å². The molecule has 1 fully saturated rings. The number of hydrogen-bond donors (Lipinski definition) is 2. The summed E-state index contributed by atoms with van der Waals surface area (Å²) in [5, 5.41) is 10.9. The molecule has 1 aliphatic heterocycles. The van der Waals surface area contributed by atoms with E-state index in [4.69, 9.17) is 4.74 Å². The van der Waals surface area contributed by atoms with Crippen LogP contribution in [0.3, 0.4) is 0 Å². The Morgan fingerprint density at radius 3 is 2.59 bits per heavy atom. The molecule has 1 aromatic heterocycles. The number of fused-ring (bicyclic) bond motifs is 1. The number of piperazine rings is 1. The summed E-state index contributed by atoms with van der Waals surface area (Å²) in [6, 6.07) is 15.2. The Hall–Kier alpha value is -2.83. The average molecular weight is 393 g/mol. The molecule has 0 saturated carbocycles. The Bertz CT molecular complexity index is 962. The van der Waals surface area contributed by atoms with Crippen LogP contribution in [-0.2, 0) is 11.4 Å². The van der Waals surface area contributed by atoms with Gasteiger partial charge in [-0.3, -0.25) is 9.69 Å². The molecule has 6 heteroatoms. The zero-order valence-corrected chi connectivity index (χ0v) is 16.7. The van der Waals surface area contributed by atoms with Crippen molar-refractivity contribution in [3.05, 3.63) is 65.9 Å². The van der Waals surface area contributed by atoms with Crippen molar-refractivity contribution in [2.75, 3.05) is 32.7 Å². The number of benzene rings is 2. The third-order valence-electron chi connectivity index (χ3n) is 5.68. The number of aromatic nitrogens is 1. The maximum absolute atomic E-state index is 12.2. The Balaban J connectivity index is 1.57. The van der Waals surface area contributed by atoms with Crippen LogP contribution in [-0.4, -0.2) is 58.6 Å². The first-order chi connectivity index (χ1) is 14.2. The highest BCUT2D eigenvalue weighted by molar-refractivity contribution is 5.90. The molecule has 0 amide bonds. The molecule has 0 aliphatic carbocycles. The number of ether oxygens (including phenoxy) is 1. The molecule has 4 rings (SSSR count). The Morgan fingerprint density at radius 2 is 1.90 bits per heavy atom. The number of H-pyrrole nitrogens is 1. The van der Waals surface area contributed by atoms with Gasteiger partial charge >= 0.3 is 5.97 Å². The molecular weight excluding hydrogens is 366 g/mol. The lowest BCUT2D eigenvalue weighted by molar-refractivity contribution is -0.144. The van der Waals surface area contributed by atoms with Gasteiger partial charge in [0.05, 0.1) is 0 Å². The Labute approximate surface area is 170 Å². The average Bonchev–Trinajstić information content (AvgIpc) is 3.16. The molecule has 1 atom stereocenters. The second-order valence-electron chi connectivity index (χ2n) is 7.44. The predicted molar refractivity (Wildman–Crippen MR) is 113 cm³/mol. The second kappa shape index (κ2) is 8.68. The van der Waals surface area contributed by atoms with Gasteiger partial charge in [0.2, 0.25) is 0 Å². The van der Waals surface area contributed by atoms with E-state index in [1.54, 1.807) is 0 Å². The molecule has 1 saturated heterocycles. The molecule has 2 heterocycles. The number of carboxylic acids is 1. The monoisotopic (exact) mass is 393 g/mol. The number of carboxylic acid groups (broad SMARTS) is 1. The number of aromatic amines is 1. The van der Waals surface area contributed by atoms with Crippen molar-refractivity contribution in [3.8, 4) is 5.75 Å². The lowest BCUT2D eigenvalue weighted by Crippen LogP contribution is -2.49. The summed E-state index contributed by atoms with van der Waals surface area (Å²) in [4.78, 5) is 19.8. The Morgan fingerprint density at radius 1 is 1.14 bits per heavy atom. The molecule has 6 nitrogen and oxygen atoms in total. The highest BCUT2D eigenvalue weighted by Gasteiger charge is 2.31. The van der Waals surface area contributed by atoms with Crippen LogP contribution in [0.4, 0.5) is 0 Å². The van der Waals surface area contributed by atoms with E-state index in [0.29, 0.717) is 6.61 Å². The number of aliphatic carboxylic acids is 1. The zero-order chi connectivity index (χ0) is 20.2. The van der Waals surface area contributed by atoms with Gasteiger partial charge in [-0.1, -0.05) is 37.3 Å². The molecule has 2 N–H and O–H groups in total. The first-order valence-electron chi connectivity index (χ1n) is 10.1. The van der Waals surface area contributed by atoms with E-state index in [0.717, 1.165) is 60.5 Å². The van der Waals surface area contributed by atoms with E-state index in [1.807, 2.05) is 54.7 Å². The lowest BCUT2D eigenvalue weighted by atomic mass is 10.0. The van der Waals surface area contributed by atoms with E-state index >= 15 is 0 Å². The van der Waals surface area contributed by atoms with Crippen LogP contribution < -0.4 is 4.74 Å². The molecule has 2 aromatic carbocycles. The van der Waals surface area contributed by atoms with Crippen LogP contribution in [0.1, 0.15) is 24.1 Å². The number of rotatable bonds is 7. The highest BCUT2D eigenvalue weighted by atomic mass is 16.5.